The molecule has 2 fully saturated rings. The monoisotopic (exact) mass is 370 g/mol. The summed E-state index contributed by atoms with van der Waals surface area (Å²) in [4.78, 5) is 16.1. The van der Waals surface area contributed by atoms with Crippen LogP contribution in [0.25, 0.3) is 0 Å². The number of likely N-dealkylation sites (tertiary alicyclic amines) is 1. The van der Waals surface area contributed by atoms with E-state index < -0.39 is 9.84 Å². The second-order valence-corrected chi connectivity index (χ2v) is 9.57. The fourth-order valence-corrected chi connectivity index (χ4v) is 5.46. The van der Waals surface area contributed by atoms with Crippen molar-refractivity contribution in [3.8, 4) is 0 Å². The van der Waals surface area contributed by atoms with Crippen LogP contribution in [-0.4, -0.2) is 68.4 Å². The Labute approximate surface area is 148 Å². The van der Waals surface area contributed by atoms with Gasteiger partial charge in [-0.2, -0.15) is 0 Å². The number of carbonyl (C=O) groups excluding carboxylic acids is 1. The fraction of sp³-hybridized carbons (Fsp3) is 0.588. The minimum absolute atomic E-state index is 0.0286. The molecule has 7 heteroatoms. The van der Waals surface area contributed by atoms with Gasteiger partial charge in [-0.3, -0.25) is 9.69 Å². The molecular weight excluding hydrogens is 348 g/mol. The van der Waals surface area contributed by atoms with Crippen molar-refractivity contribution in [2.24, 2.45) is 5.92 Å². The Hall–Kier alpha value is -1.11. The van der Waals surface area contributed by atoms with E-state index in [1.54, 1.807) is 0 Å². The van der Waals surface area contributed by atoms with Crippen LogP contribution in [0, 0.1) is 5.92 Å². The van der Waals surface area contributed by atoms with Crippen molar-refractivity contribution in [2.75, 3.05) is 38.2 Å². The molecule has 24 heavy (non-hydrogen) atoms. The molecule has 0 spiro atoms. The molecule has 1 aromatic rings. The lowest BCUT2D eigenvalue weighted by molar-refractivity contribution is -0.138. The molecule has 0 radical (unpaired) electrons. The molecule has 2 aliphatic rings. The average Bonchev–Trinajstić information content (AvgIpc) is 2.84. The number of likely N-dealkylation sites (N-methyl/N-ethyl adjacent to an activating group) is 1. The van der Waals surface area contributed by atoms with Gasteiger partial charge < -0.3 is 4.90 Å². The molecular formula is C17H23ClN2O3S. The van der Waals surface area contributed by atoms with Crippen LogP contribution in [0.2, 0.25) is 5.02 Å². The van der Waals surface area contributed by atoms with Crippen LogP contribution in [0.1, 0.15) is 12.0 Å². The SMILES string of the molecule is CN(CC(=O)N1CC(Cc2ccccc2Cl)C1)C1CCS(=O)(=O)C1. The van der Waals surface area contributed by atoms with Crippen LogP contribution in [-0.2, 0) is 21.1 Å². The molecule has 2 saturated heterocycles. The number of carbonyl (C=O) groups is 1. The van der Waals surface area contributed by atoms with Gasteiger partial charge in [0, 0.05) is 24.2 Å². The minimum Gasteiger partial charge on any atom is -0.341 e. The van der Waals surface area contributed by atoms with E-state index in [1.807, 2.05) is 41.1 Å². The van der Waals surface area contributed by atoms with Crippen molar-refractivity contribution in [1.82, 2.24) is 9.80 Å². The first-order valence-corrected chi connectivity index (χ1v) is 10.5. The van der Waals surface area contributed by atoms with Crippen LogP contribution in [0.3, 0.4) is 0 Å². The Morgan fingerprint density at radius 1 is 1.33 bits per heavy atom. The van der Waals surface area contributed by atoms with Gasteiger partial charge in [0.25, 0.3) is 0 Å². The smallest absolute Gasteiger partial charge is 0.236 e. The normalized spacial score (nSPS) is 23.5. The van der Waals surface area contributed by atoms with Gasteiger partial charge in [0.1, 0.15) is 0 Å². The number of rotatable bonds is 5. The van der Waals surface area contributed by atoms with E-state index in [4.69, 9.17) is 11.6 Å². The third kappa shape index (κ3) is 4.10. The van der Waals surface area contributed by atoms with Crippen molar-refractivity contribution in [1.29, 1.82) is 0 Å². The lowest BCUT2D eigenvalue weighted by Crippen LogP contribution is -2.54. The second-order valence-electron chi connectivity index (χ2n) is 6.93. The lowest BCUT2D eigenvalue weighted by atomic mass is 9.92. The average molecular weight is 371 g/mol. The van der Waals surface area contributed by atoms with Crippen LogP contribution in [0.15, 0.2) is 24.3 Å². The van der Waals surface area contributed by atoms with Gasteiger partial charge in [-0.15, -0.1) is 0 Å². The molecule has 1 aromatic carbocycles. The topological polar surface area (TPSA) is 57.7 Å². The van der Waals surface area contributed by atoms with E-state index in [-0.39, 0.29) is 23.5 Å². The van der Waals surface area contributed by atoms with Gasteiger partial charge in [0.05, 0.1) is 18.1 Å². The third-order valence-electron chi connectivity index (χ3n) is 4.99. The highest BCUT2D eigenvalue weighted by molar-refractivity contribution is 7.91. The number of hydrogen-bond donors (Lipinski definition) is 0. The highest BCUT2D eigenvalue weighted by Crippen LogP contribution is 2.25. The summed E-state index contributed by atoms with van der Waals surface area (Å²) in [5.41, 5.74) is 1.13. The van der Waals surface area contributed by atoms with Gasteiger partial charge in [-0.1, -0.05) is 29.8 Å². The highest BCUT2D eigenvalue weighted by atomic mass is 35.5. The summed E-state index contributed by atoms with van der Waals surface area (Å²) in [6, 6.07) is 7.79. The lowest BCUT2D eigenvalue weighted by Gasteiger charge is -2.40. The standard InChI is InChI=1S/C17H23ClN2O3S/c1-19(15-6-7-24(22,23)12-15)11-17(21)20-9-13(10-20)8-14-4-2-3-5-16(14)18/h2-5,13,15H,6-12H2,1H3. The molecule has 5 nitrogen and oxygen atoms in total. The van der Waals surface area contributed by atoms with Crippen molar-refractivity contribution in [3.63, 3.8) is 0 Å². The molecule has 1 amide bonds. The van der Waals surface area contributed by atoms with Gasteiger partial charge in [0.2, 0.25) is 5.91 Å². The zero-order valence-electron chi connectivity index (χ0n) is 13.8. The van der Waals surface area contributed by atoms with Crippen LogP contribution >= 0.6 is 11.6 Å². The maximum Gasteiger partial charge on any atom is 0.236 e. The maximum absolute atomic E-state index is 12.3. The summed E-state index contributed by atoms with van der Waals surface area (Å²) in [5.74, 6) is 0.939. The Morgan fingerprint density at radius 2 is 2.04 bits per heavy atom. The molecule has 0 aromatic heterocycles. The summed E-state index contributed by atoms with van der Waals surface area (Å²) in [5, 5.41) is 0.782. The second kappa shape index (κ2) is 7.02. The summed E-state index contributed by atoms with van der Waals surface area (Å²) >= 11 is 6.18. The van der Waals surface area contributed by atoms with Crippen molar-refractivity contribution >= 4 is 27.3 Å². The largest absolute Gasteiger partial charge is 0.341 e. The summed E-state index contributed by atoms with van der Waals surface area (Å²) in [7, 11) is -1.08. The predicted molar refractivity (Wildman–Crippen MR) is 94.9 cm³/mol. The van der Waals surface area contributed by atoms with Crippen molar-refractivity contribution in [3.05, 3.63) is 34.9 Å². The highest BCUT2D eigenvalue weighted by Gasteiger charge is 2.34. The summed E-state index contributed by atoms with van der Waals surface area (Å²) in [6.07, 6.45) is 1.52. The first-order chi connectivity index (χ1) is 11.3. The fourth-order valence-electron chi connectivity index (χ4n) is 3.44. The molecule has 1 unspecified atom stereocenters. The van der Waals surface area contributed by atoms with Crippen molar-refractivity contribution < 1.29 is 13.2 Å². The zero-order chi connectivity index (χ0) is 17.3. The number of nitrogens with zero attached hydrogens (tertiary/aromatic N) is 2. The molecule has 0 saturated carbocycles. The number of benzene rings is 1. The number of halogens is 1. The van der Waals surface area contributed by atoms with Crippen LogP contribution < -0.4 is 0 Å². The summed E-state index contributed by atoms with van der Waals surface area (Å²) in [6.45, 7) is 1.79. The number of amides is 1. The third-order valence-corrected chi connectivity index (χ3v) is 7.11. The van der Waals surface area contributed by atoms with E-state index in [2.05, 4.69) is 0 Å². The van der Waals surface area contributed by atoms with E-state index in [0.29, 0.717) is 18.9 Å². The first-order valence-electron chi connectivity index (χ1n) is 8.26. The first kappa shape index (κ1) is 17.7. The molecule has 0 bridgehead atoms. The molecule has 0 N–H and O–H groups in total. The van der Waals surface area contributed by atoms with E-state index in [0.717, 1.165) is 30.1 Å². The molecule has 2 aliphatic heterocycles. The summed E-state index contributed by atoms with van der Waals surface area (Å²) < 4.78 is 23.1. The van der Waals surface area contributed by atoms with E-state index in [1.165, 1.54) is 0 Å². The molecule has 0 aliphatic carbocycles. The van der Waals surface area contributed by atoms with Crippen LogP contribution in [0.4, 0.5) is 0 Å². The Balaban J connectivity index is 1.44. The van der Waals surface area contributed by atoms with Gasteiger partial charge in [-0.25, -0.2) is 8.42 Å². The number of sulfone groups is 1. The number of hydrogen-bond acceptors (Lipinski definition) is 4. The predicted octanol–water partition coefficient (Wildman–Crippen LogP) is 1.46. The molecule has 2 heterocycles. The van der Waals surface area contributed by atoms with Gasteiger partial charge in [0.15, 0.2) is 9.84 Å². The Bertz CT molecular complexity index is 716. The molecule has 3 rings (SSSR count). The van der Waals surface area contributed by atoms with Gasteiger partial charge >= 0.3 is 0 Å². The quantitative estimate of drug-likeness (QED) is 0.787. The van der Waals surface area contributed by atoms with Crippen molar-refractivity contribution in [2.45, 2.75) is 18.9 Å². The van der Waals surface area contributed by atoms with E-state index in [9.17, 15) is 13.2 Å². The van der Waals surface area contributed by atoms with Gasteiger partial charge in [-0.05, 0) is 37.4 Å². The molecule has 132 valence electrons. The maximum atomic E-state index is 12.3. The minimum atomic E-state index is -2.91. The Morgan fingerprint density at radius 3 is 2.67 bits per heavy atom. The Kier molecular flexibility index (Phi) is 5.18. The zero-order valence-corrected chi connectivity index (χ0v) is 15.4. The van der Waals surface area contributed by atoms with E-state index >= 15 is 0 Å². The van der Waals surface area contributed by atoms with Crippen LogP contribution in [0.5, 0.6) is 0 Å². The molecule has 1 atom stereocenters.